The standard InChI is InChI=1S/C17H14N2O2S/c1-22-12-8-5-11(6-9-12)7-10-15-18-14-4-2-3-13(17(20)21)16(14)19-15/h2-10H,1H3,(H,18,19)(H,20,21)/p-1/b10-7+. The van der Waals surface area contributed by atoms with Gasteiger partial charge in [-0.05, 0) is 36.1 Å². The second-order valence-corrected chi connectivity index (χ2v) is 5.60. The predicted molar refractivity (Wildman–Crippen MR) is 87.6 cm³/mol. The zero-order chi connectivity index (χ0) is 15.5. The van der Waals surface area contributed by atoms with E-state index in [1.165, 1.54) is 11.0 Å². The monoisotopic (exact) mass is 309 g/mol. The van der Waals surface area contributed by atoms with Gasteiger partial charge in [0.05, 0.1) is 17.0 Å². The zero-order valence-electron chi connectivity index (χ0n) is 11.9. The highest BCUT2D eigenvalue weighted by Gasteiger charge is 2.06. The number of carboxylic acid groups (broad SMARTS) is 1. The van der Waals surface area contributed by atoms with Crippen LogP contribution in [0.1, 0.15) is 21.7 Å². The van der Waals surface area contributed by atoms with E-state index in [1.54, 1.807) is 23.9 Å². The highest BCUT2D eigenvalue weighted by molar-refractivity contribution is 7.98. The van der Waals surface area contributed by atoms with Gasteiger partial charge in [-0.1, -0.05) is 30.3 Å². The molecule has 0 radical (unpaired) electrons. The summed E-state index contributed by atoms with van der Waals surface area (Å²) in [6.07, 6.45) is 5.79. The smallest absolute Gasteiger partial charge is 0.131 e. The second-order valence-electron chi connectivity index (χ2n) is 4.72. The molecule has 0 fully saturated rings. The summed E-state index contributed by atoms with van der Waals surface area (Å²) in [5.74, 6) is -0.613. The molecular formula is C17H13N2O2S-. The summed E-state index contributed by atoms with van der Waals surface area (Å²) < 4.78 is 0. The molecule has 0 bridgehead atoms. The molecule has 1 heterocycles. The number of nitrogens with zero attached hydrogens (tertiary/aromatic N) is 1. The summed E-state index contributed by atoms with van der Waals surface area (Å²) in [5.41, 5.74) is 2.25. The van der Waals surface area contributed by atoms with Crippen LogP contribution in [0.2, 0.25) is 0 Å². The first-order valence-electron chi connectivity index (χ1n) is 6.69. The fraction of sp³-hybridized carbons (Fsp3) is 0.0588. The summed E-state index contributed by atoms with van der Waals surface area (Å²) in [5, 5.41) is 11.1. The van der Waals surface area contributed by atoms with E-state index in [2.05, 4.69) is 22.1 Å². The molecule has 0 amide bonds. The molecule has 4 nitrogen and oxygen atoms in total. The highest BCUT2D eigenvalue weighted by atomic mass is 32.2. The molecular weight excluding hydrogens is 296 g/mol. The number of carbonyl (C=O) groups excluding carboxylic acids is 1. The largest absolute Gasteiger partial charge is 0.545 e. The molecule has 1 N–H and O–H groups in total. The number of fused-ring (bicyclic) bond motifs is 1. The van der Waals surface area contributed by atoms with Crippen LogP contribution < -0.4 is 5.11 Å². The molecule has 0 aliphatic rings. The van der Waals surface area contributed by atoms with Crippen molar-refractivity contribution in [3.8, 4) is 0 Å². The molecule has 1 aromatic heterocycles. The molecule has 3 rings (SSSR count). The van der Waals surface area contributed by atoms with E-state index in [0.29, 0.717) is 16.9 Å². The number of para-hydroxylation sites is 1. The lowest BCUT2D eigenvalue weighted by molar-refractivity contribution is -0.254. The number of H-pyrrole nitrogens is 1. The Balaban J connectivity index is 1.91. The van der Waals surface area contributed by atoms with Gasteiger partial charge in [0.15, 0.2) is 0 Å². The van der Waals surface area contributed by atoms with Crippen molar-refractivity contribution in [3.63, 3.8) is 0 Å². The second kappa shape index (κ2) is 6.07. The summed E-state index contributed by atoms with van der Waals surface area (Å²) >= 11 is 1.70. The van der Waals surface area contributed by atoms with Crippen LogP contribution in [0.5, 0.6) is 0 Å². The zero-order valence-corrected chi connectivity index (χ0v) is 12.7. The molecule has 0 saturated carbocycles. The normalized spacial score (nSPS) is 11.3. The number of aromatic nitrogens is 2. The van der Waals surface area contributed by atoms with Gasteiger partial charge in [0.2, 0.25) is 0 Å². The van der Waals surface area contributed by atoms with Crippen LogP contribution in [0.3, 0.4) is 0 Å². The van der Waals surface area contributed by atoms with Gasteiger partial charge in [0.1, 0.15) is 5.82 Å². The van der Waals surface area contributed by atoms with Crippen molar-refractivity contribution < 1.29 is 9.90 Å². The summed E-state index contributed by atoms with van der Waals surface area (Å²) in [6, 6.07) is 13.1. The minimum Gasteiger partial charge on any atom is -0.545 e. The lowest BCUT2D eigenvalue weighted by Gasteiger charge is -2.01. The Labute approximate surface area is 131 Å². The van der Waals surface area contributed by atoms with Crippen LogP contribution in [-0.2, 0) is 0 Å². The molecule has 0 aliphatic heterocycles. The van der Waals surface area contributed by atoms with Crippen molar-refractivity contribution in [1.82, 2.24) is 9.97 Å². The van der Waals surface area contributed by atoms with Crippen LogP contribution in [-0.4, -0.2) is 22.2 Å². The molecule has 0 aliphatic carbocycles. The van der Waals surface area contributed by atoms with Crippen molar-refractivity contribution >= 4 is 40.9 Å². The number of aromatic carboxylic acids is 1. The first-order valence-corrected chi connectivity index (χ1v) is 7.92. The molecule has 0 unspecified atom stereocenters. The Kier molecular flexibility index (Phi) is 3.98. The number of hydrogen-bond donors (Lipinski definition) is 1. The number of imidazole rings is 1. The summed E-state index contributed by atoms with van der Waals surface area (Å²) in [7, 11) is 0. The van der Waals surface area contributed by atoms with Crippen LogP contribution in [0, 0.1) is 0 Å². The maximum atomic E-state index is 11.1. The van der Waals surface area contributed by atoms with Crippen molar-refractivity contribution in [2.75, 3.05) is 6.26 Å². The third-order valence-corrected chi connectivity index (χ3v) is 4.04. The van der Waals surface area contributed by atoms with E-state index in [4.69, 9.17) is 0 Å². The number of nitrogens with one attached hydrogen (secondary N) is 1. The molecule has 0 atom stereocenters. The average molecular weight is 309 g/mol. The van der Waals surface area contributed by atoms with E-state index in [1.807, 2.05) is 30.5 Å². The van der Waals surface area contributed by atoms with E-state index in [9.17, 15) is 9.90 Å². The van der Waals surface area contributed by atoms with Gasteiger partial charge in [-0.25, -0.2) is 4.98 Å². The SMILES string of the molecule is CSc1ccc(/C=C/c2nc3c(C(=O)[O-])cccc3[nH]2)cc1. The van der Waals surface area contributed by atoms with Crippen LogP contribution in [0.15, 0.2) is 47.4 Å². The van der Waals surface area contributed by atoms with Crippen molar-refractivity contribution in [2.24, 2.45) is 0 Å². The van der Waals surface area contributed by atoms with E-state index >= 15 is 0 Å². The fourth-order valence-electron chi connectivity index (χ4n) is 2.19. The number of carboxylic acids is 1. The topological polar surface area (TPSA) is 68.8 Å². The van der Waals surface area contributed by atoms with Crippen LogP contribution in [0.4, 0.5) is 0 Å². The molecule has 0 saturated heterocycles. The van der Waals surface area contributed by atoms with Gasteiger partial charge in [-0.2, -0.15) is 0 Å². The van der Waals surface area contributed by atoms with Crippen molar-refractivity contribution in [2.45, 2.75) is 4.90 Å². The van der Waals surface area contributed by atoms with E-state index in [-0.39, 0.29) is 5.56 Å². The summed E-state index contributed by atoms with van der Waals surface area (Å²) in [4.78, 5) is 19.7. The van der Waals surface area contributed by atoms with Gasteiger partial charge < -0.3 is 14.9 Å². The number of carbonyl (C=O) groups is 1. The maximum absolute atomic E-state index is 11.1. The highest BCUT2D eigenvalue weighted by Crippen LogP contribution is 2.18. The molecule has 22 heavy (non-hydrogen) atoms. The average Bonchev–Trinajstić information content (AvgIpc) is 2.96. The van der Waals surface area contributed by atoms with Gasteiger partial charge in [0.25, 0.3) is 0 Å². The van der Waals surface area contributed by atoms with Crippen LogP contribution in [0.25, 0.3) is 23.2 Å². The fourth-order valence-corrected chi connectivity index (χ4v) is 2.59. The molecule has 110 valence electrons. The Bertz CT molecular complexity index is 851. The molecule has 0 spiro atoms. The Morgan fingerprint density at radius 2 is 1.95 bits per heavy atom. The predicted octanol–water partition coefficient (Wildman–Crippen LogP) is 2.82. The third kappa shape index (κ3) is 2.89. The number of thioether (sulfide) groups is 1. The Morgan fingerprint density at radius 3 is 2.64 bits per heavy atom. The Hall–Kier alpha value is -2.53. The lowest BCUT2D eigenvalue weighted by Crippen LogP contribution is -2.22. The van der Waals surface area contributed by atoms with Gasteiger partial charge in [-0.15, -0.1) is 11.8 Å². The van der Waals surface area contributed by atoms with Gasteiger partial charge in [-0.3, -0.25) is 0 Å². The van der Waals surface area contributed by atoms with E-state index in [0.717, 1.165) is 5.56 Å². The van der Waals surface area contributed by atoms with Crippen LogP contribution >= 0.6 is 11.8 Å². The lowest BCUT2D eigenvalue weighted by atomic mass is 10.2. The minimum atomic E-state index is -1.22. The molecule has 3 aromatic rings. The summed E-state index contributed by atoms with van der Waals surface area (Å²) in [6.45, 7) is 0. The number of benzene rings is 2. The first kappa shape index (κ1) is 14.4. The van der Waals surface area contributed by atoms with Gasteiger partial charge in [0, 0.05) is 10.5 Å². The number of aromatic amines is 1. The Morgan fingerprint density at radius 1 is 1.18 bits per heavy atom. The molecule has 2 aromatic carbocycles. The van der Waals surface area contributed by atoms with Crippen molar-refractivity contribution in [3.05, 3.63) is 59.4 Å². The maximum Gasteiger partial charge on any atom is 0.131 e. The first-order chi connectivity index (χ1) is 10.7. The van der Waals surface area contributed by atoms with Gasteiger partial charge >= 0.3 is 0 Å². The number of rotatable bonds is 4. The number of hydrogen-bond acceptors (Lipinski definition) is 4. The van der Waals surface area contributed by atoms with E-state index < -0.39 is 5.97 Å². The third-order valence-electron chi connectivity index (χ3n) is 3.30. The molecule has 5 heteroatoms. The minimum absolute atomic E-state index is 0.0951. The van der Waals surface area contributed by atoms with Crippen molar-refractivity contribution in [1.29, 1.82) is 0 Å². The quantitative estimate of drug-likeness (QED) is 0.752.